The molecule has 0 amide bonds. The number of aldehydes is 1. The lowest BCUT2D eigenvalue weighted by Gasteiger charge is -2.33. The monoisotopic (exact) mass is 307 g/mol. The second-order valence-electron chi connectivity index (χ2n) is 6.10. The summed E-state index contributed by atoms with van der Waals surface area (Å²) >= 11 is 0. The molecule has 0 bridgehead atoms. The Morgan fingerprint density at radius 2 is 1.91 bits per heavy atom. The molecule has 0 saturated carbocycles. The highest BCUT2D eigenvalue weighted by Gasteiger charge is 2.27. The number of allylic oxidation sites excluding steroid dienone is 1. The molecule has 5 heteroatoms. The van der Waals surface area contributed by atoms with Crippen LogP contribution in [0.3, 0.4) is 0 Å². The molecular formula is C18H17N3O2. The first-order chi connectivity index (χ1) is 11.2. The molecule has 1 saturated heterocycles. The van der Waals surface area contributed by atoms with Crippen LogP contribution >= 0.6 is 0 Å². The van der Waals surface area contributed by atoms with Crippen molar-refractivity contribution in [3.8, 4) is 0 Å². The number of aromatic nitrogens is 2. The van der Waals surface area contributed by atoms with E-state index in [1.165, 1.54) is 6.42 Å². The summed E-state index contributed by atoms with van der Waals surface area (Å²) < 4.78 is 0. The Balaban J connectivity index is 1.99. The van der Waals surface area contributed by atoms with Crippen molar-refractivity contribution in [1.29, 1.82) is 0 Å². The van der Waals surface area contributed by atoms with Crippen LogP contribution in [0.4, 0.5) is 0 Å². The molecular weight excluding hydrogens is 290 g/mol. The van der Waals surface area contributed by atoms with Gasteiger partial charge in [0.05, 0.1) is 5.52 Å². The van der Waals surface area contributed by atoms with Crippen molar-refractivity contribution in [2.45, 2.75) is 26.2 Å². The Morgan fingerprint density at radius 1 is 1.13 bits per heavy atom. The maximum absolute atomic E-state index is 12.6. The minimum Gasteiger partial charge on any atom is -0.371 e. The van der Waals surface area contributed by atoms with Crippen LogP contribution in [0, 0.1) is 6.92 Å². The predicted molar refractivity (Wildman–Crippen MR) is 87.4 cm³/mol. The SMILES string of the molecule is Cc1nc2c3c(ccc(C=O)c3n1)C(N1CCCCC1)=CC2=O. The van der Waals surface area contributed by atoms with Gasteiger partial charge < -0.3 is 4.90 Å². The third-order valence-corrected chi connectivity index (χ3v) is 4.59. The summed E-state index contributed by atoms with van der Waals surface area (Å²) in [5.41, 5.74) is 3.39. The summed E-state index contributed by atoms with van der Waals surface area (Å²) in [5, 5.41) is 0.716. The van der Waals surface area contributed by atoms with Crippen LogP contribution in [0.15, 0.2) is 18.2 Å². The number of nitrogens with zero attached hydrogens (tertiary/aromatic N) is 3. The third-order valence-electron chi connectivity index (χ3n) is 4.59. The van der Waals surface area contributed by atoms with Crippen molar-refractivity contribution < 1.29 is 9.59 Å². The number of hydrogen-bond donors (Lipinski definition) is 0. The second-order valence-corrected chi connectivity index (χ2v) is 6.10. The predicted octanol–water partition coefficient (Wildman–Crippen LogP) is 2.77. The van der Waals surface area contributed by atoms with Gasteiger partial charge in [0.2, 0.25) is 5.78 Å². The molecule has 1 aliphatic heterocycles. The highest BCUT2D eigenvalue weighted by Crippen LogP contribution is 2.35. The fourth-order valence-corrected chi connectivity index (χ4v) is 3.53. The van der Waals surface area contributed by atoms with Crippen LogP contribution < -0.4 is 0 Å². The number of carbonyl (C=O) groups is 2. The molecule has 0 unspecified atom stereocenters. The highest BCUT2D eigenvalue weighted by molar-refractivity contribution is 6.21. The number of likely N-dealkylation sites (tertiary alicyclic amines) is 1. The van der Waals surface area contributed by atoms with Gasteiger partial charge in [-0.3, -0.25) is 9.59 Å². The van der Waals surface area contributed by atoms with Gasteiger partial charge in [0.25, 0.3) is 0 Å². The summed E-state index contributed by atoms with van der Waals surface area (Å²) in [4.78, 5) is 35.0. The fraction of sp³-hybridized carbons (Fsp3) is 0.333. The van der Waals surface area contributed by atoms with Crippen LogP contribution in [0.1, 0.15) is 51.5 Å². The lowest BCUT2D eigenvalue weighted by Crippen LogP contribution is -2.30. The Kier molecular flexibility index (Phi) is 3.22. The van der Waals surface area contributed by atoms with Crippen molar-refractivity contribution in [3.63, 3.8) is 0 Å². The van der Waals surface area contributed by atoms with Gasteiger partial charge in [-0.05, 0) is 32.3 Å². The van der Waals surface area contributed by atoms with E-state index < -0.39 is 0 Å². The average Bonchev–Trinajstić information content (AvgIpc) is 2.58. The van der Waals surface area contributed by atoms with Crippen LogP contribution in [-0.2, 0) is 0 Å². The molecule has 2 aliphatic rings. The molecule has 1 aromatic carbocycles. The highest BCUT2D eigenvalue weighted by atomic mass is 16.1. The van der Waals surface area contributed by atoms with Crippen LogP contribution in [0.25, 0.3) is 16.6 Å². The zero-order valence-corrected chi connectivity index (χ0v) is 13.0. The summed E-state index contributed by atoms with van der Waals surface area (Å²) in [6, 6.07) is 3.70. The van der Waals surface area contributed by atoms with Crippen molar-refractivity contribution in [2.75, 3.05) is 13.1 Å². The molecule has 4 rings (SSSR count). The summed E-state index contributed by atoms with van der Waals surface area (Å²) in [7, 11) is 0. The maximum atomic E-state index is 12.6. The molecule has 2 heterocycles. The van der Waals surface area contributed by atoms with Crippen LogP contribution in [0.5, 0.6) is 0 Å². The fourth-order valence-electron chi connectivity index (χ4n) is 3.53. The van der Waals surface area contributed by atoms with Gasteiger partial charge in [-0.2, -0.15) is 0 Å². The number of ketones is 1. The van der Waals surface area contributed by atoms with E-state index in [0.29, 0.717) is 28.0 Å². The standard InChI is InChI=1S/C18H17N3O2/c1-11-19-17-12(10-22)5-6-13-14(21-7-3-2-4-8-21)9-15(23)18(20-11)16(13)17/h5-6,9-10H,2-4,7-8H2,1H3. The number of hydrogen-bond acceptors (Lipinski definition) is 5. The van der Waals surface area contributed by atoms with E-state index >= 15 is 0 Å². The summed E-state index contributed by atoms with van der Waals surface area (Å²) in [6.07, 6.45) is 5.99. The lowest BCUT2D eigenvalue weighted by atomic mass is 9.92. The largest absolute Gasteiger partial charge is 0.371 e. The summed E-state index contributed by atoms with van der Waals surface area (Å²) in [6.45, 7) is 3.66. The molecule has 0 spiro atoms. The van der Waals surface area contributed by atoms with Crippen molar-refractivity contribution in [3.05, 3.63) is 40.9 Å². The molecule has 2 aromatic rings. The lowest BCUT2D eigenvalue weighted by molar-refractivity contribution is 0.104. The minimum absolute atomic E-state index is 0.100. The quantitative estimate of drug-likeness (QED) is 0.798. The van der Waals surface area contributed by atoms with Crippen molar-refractivity contribution >= 4 is 28.7 Å². The average molecular weight is 307 g/mol. The van der Waals surface area contributed by atoms with Gasteiger partial charge in [-0.25, -0.2) is 9.97 Å². The number of aryl methyl sites for hydroxylation is 1. The molecule has 1 aromatic heterocycles. The maximum Gasteiger partial charge on any atom is 0.207 e. The van der Waals surface area contributed by atoms with E-state index in [2.05, 4.69) is 14.9 Å². The first kappa shape index (κ1) is 14.1. The molecule has 5 nitrogen and oxygen atoms in total. The number of piperidine rings is 1. The first-order valence-corrected chi connectivity index (χ1v) is 7.97. The molecule has 0 atom stereocenters. The molecule has 1 fully saturated rings. The van der Waals surface area contributed by atoms with E-state index in [-0.39, 0.29) is 5.78 Å². The topological polar surface area (TPSA) is 63.2 Å². The Bertz CT molecular complexity index is 864. The van der Waals surface area contributed by atoms with Crippen LogP contribution in [-0.4, -0.2) is 40.0 Å². The Hall–Kier alpha value is -2.56. The zero-order chi connectivity index (χ0) is 16.0. The normalized spacial score (nSPS) is 17.3. The van der Waals surface area contributed by atoms with E-state index in [4.69, 9.17) is 0 Å². The smallest absolute Gasteiger partial charge is 0.207 e. The van der Waals surface area contributed by atoms with Crippen molar-refractivity contribution in [1.82, 2.24) is 14.9 Å². The van der Waals surface area contributed by atoms with E-state index in [1.807, 2.05) is 6.07 Å². The number of carbonyl (C=O) groups excluding carboxylic acids is 2. The Morgan fingerprint density at radius 3 is 2.65 bits per heavy atom. The molecule has 0 radical (unpaired) electrons. The summed E-state index contributed by atoms with van der Waals surface area (Å²) in [5.74, 6) is 0.410. The number of rotatable bonds is 2. The van der Waals surface area contributed by atoms with E-state index in [1.54, 1.807) is 19.1 Å². The molecule has 0 N–H and O–H groups in total. The van der Waals surface area contributed by atoms with Gasteiger partial charge in [-0.1, -0.05) is 6.07 Å². The van der Waals surface area contributed by atoms with Crippen molar-refractivity contribution in [2.24, 2.45) is 0 Å². The molecule has 116 valence electrons. The molecule has 23 heavy (non-hydrogen) atoms. The van der Waals surface area contributed by atoms with Gasteiger partial charge in [0.1, 0.15) is 11.5 Å². The zero-order valence-electron chi connectivity index (χ0n) is 13.0. The Labute approximate surface area is 134 Å². The second kappa shape index (κ2) is 5.26. The van der Waals surface area contributed by atoms with E-state index in [9.17, 15) is 9.59 Å². The van der Waals surface area contributed by atoms with Gasteiger partial charge in [0, 0.05) is 41.4 Å². The molecule has 1 aliphatic carbocycles. The van der Waals surface area contributed by atoms with Gasteiger partial charge >= 0.3 is 0 Å². The van der Waals surface area contributed by atoms with Gasteiger partial charge in [-0.15, -0.1) is 0 Å². The van der Waals surface area contributed by atoms with E-state index in [0.717, 1.165) is 43.5 Å². The van der Waals surface area contributed by atoms with Crippen LogP contribution in [0.2, 0.25) is 0 Å². The van der Waals surface area contributed by atoms with Gasteiger partial charge in [0.15, 0.2) is 6.29 Å². The minimum atomic E-state index is -0.100. The number of benzene rings is 1. The third kappa shape index (κ3) is 2.15. The first-order valence-electron chi connectivity index (χ1n) is 7.97.